The lowest BCUT2D eigenvalue weighted by Crippen LogP contribution is -2.41. The number of ether oxygens (including phenoxy) is 2. The molecule has 0 saturated carbocycles. The number of thioether (sulfide) groups is 1. The number of carbonyl (C=O) groups is 2. The number of methoxy groups -OCH3 is 1. The maximum absolute atomic E-state index is 14.7. The predicted molar refractivity (Wildman–Crippen MR) is 121 cm³/mol. The first-order valence-electron chi connectivity index (χ1n) is 9.91. The second-order valence-corrected chi connectivity index (χ2v) is 8.52. The quantitative estimate of drug-likeness (QED) is 0.294. The summed E-state index contributed by atoms with van der Waals surface area (Å²) in [5.41, 5.74) is -5.33. The summed E-state index contributed by atoms with van der Waals surface area (Å²) in [6.07, 6.45) is -5.00. The van der Waals surface area contributed by atoms with Gasteiger partial charge >= 0.3 is 17.8 Å². The molecule has 1 aromatic heterocycles. The normalized spacial score (nSPS) is 15.1. The van der Waals surface area contributed by atoms with Gasteiger partial charge in [0.2, 0.25) is 5.91 Å². The Morgan fingerprint density at radius 1 is 1.19 bits per heavy atom. The topological polar surface area (TPSA) is 112 Å². The number of carbonyl (C=O) groups excluding carboxylic acids is 2. The van der Waals surface area contributed by atoms with Crippen LogP contribution in [0.25, 0.3) is 5.69 Å². The van der Waals surface area contributed by atoms with Gasteiger partial charge in [-0.15, -0.1) is 0 Å². The van der Waals surface area contributed by atoms with E-state index < -0.39 is 53.0 Å². The second kappa shape index (κ2) is 10.8. The molecule has 1 aliphatic rings. The van der Waals surface area contributed by atoms with Crippen LogP contribution in [0.3, 0.4) is 0 Å². The molecular weight excluding hydrogens is 536 g/mol. The highest BCUT2D eigenvalue weighted by Gasteiger charge is 2.35. The molecule has 0 aliphatic carbocycles. The summed E-state index contributed by atoms with van der Waals surface area (Å²) in [5.74, 6) is -2.49. The van der Waals surface area contributed by atoms with Crippen LogP contribution in [0.1, 0.15) is 5.69 Å². The summed E-state index contributed by atoms with van der Waals surface area (Å²) in [4.78, 5) is 54.3. The summed E-state index contributed by atoms with van der Waals surface area (Å²) in [6.45, 7) is -0.383. The van der Waals surface area contributed by atoms with Crippen LogP contribution in [-0.4, -0.2) is 63.7 Å². The fraction of sp³-hybridized carbons (Fsp3) is 0.350. The predicted octanol–water partition coefficient (Wildman–Crippen LogP) is 2.10. The molecule has 0 bridgehead atoms. The number of esters is 1. The van der Waals surface area contributed by atoms with Gasteiger partial charge < -0.3 is 9.47 Å². The van der Waals surface area contributed by atoms with Gasteiger partial charge in [-0.2, -0.15) is 13.2 Å². The minimum absolute atomic E-state index is 0.00387. The van der Waals surface area contributed by atoms with Gasteiger partial charge in [-0.05, 0) is 12.1 Å². The standard InChI is InChI=1S/C20H17ClF4N4O6S/c1-27-14(20(23,24)25)7-15(30)29(19(27)33)13-6-12(10(21)5-11(13)22)26-18-28(16(31)9-36-18)8-17(32)35-4-3-34-2/h5-7H,3-4,8-9H2,1-2H3. The molecule has 0 atom stereocenters. The molecule has 16 heteroatoms. The van der Waals surface area contributed by atoms with Crippen molar-refractivity contribution < 1.29 is 36.6 Å². The zero-order valence-corrected chi connectivity index (χ0v) is 20.2. The minimum atomic E-state index is -5.00. The molecule has 36 heavy (non-hydrogen) atoms. The Bertz CT molecular complexity index is 1360. The number of hydrogen-bond donors (Lipinski definition) is 0. The minimum Gasteiger partial charge on any atom is -0.462 e. The van der Waals surface area contributed by atoms with Gasteiger partial charge in [-0.25, -0.2) is 18.7 Å². The molecule has 0 radical (unpaired) electrons. The molecule has 194 valence electrons. The summed E-state index contributed by atoms with van der Waals surface area (Å²) in [6, 6.07) is 1.74. The number of aromatic nitrogens is 2. The smallest absolute Gasteiger partial charge is 0.431 e. The molecule has 2 heterocycles. The Kier molecular flexibility index (Phi) is 8.26. The highest BCUT2D eigenvalue weighted by Crippen LogP contribution is 2.32. The Morgan fingerprint density at radius 2 is 1.89 bits per heavy atom. The summed E-state index contributed by atoms with van der Waals surface area (Å²) >= 11 is 6.99. The Morgan fingerprint density at radius 3 is 2.53 bits per heavy atom. The van der Waals surface area contributed by atoms with E-state index in [9.17, 15) is 36.7 Å². The van der Waals surface area contributed by atoms with Gasteiger partial charge in [0, 0.05) is 20.2 Å². The molecule has 1 fully saturated rings. The largest absolute Gasteiger partial charge is 0.462 e. The van der Waals surface area contributed by atoms with Crippen LogP contribution in [0, 0.1) is 5.82 Å². The van der Waals surface area contributed by atoms with Crippen molar-refractivity contribution in [3.05, 3.63) is 55.6 Å². The van der Waals surface area contributed by atoms with Gasteiger partial charge in [0.15, 0.2) is 5.17 Å². The summed E-state index contributed by atoms with van der Waals surface area (Å²) in [7, 11) is 2.19. The van der Waals surface area contributed by atoms with E-state index in [1.807, 2.05) is 0 Å². The van der Waals surface area contributed by atoms with Crippen LogP contribution in [-0.2, 0) is 32.3 Å². The monoisotopic (exact) mass is 552 g/mol. The lowest BCUT2D eigenvalue weighted by molar-refractivity contribution is -0.147. The van der Waals surface area contributed by atoms with Gasteiger partial charge in [-0.3, -0.25) is 23.9 Å². The average Bonchev–Trinajstić information content (AvgIpc) is 3.12. The van der Waals surface area contributed by atoms with E-state index in [-0.39, 0.29) is 50.0 Å². The SMILES string of the molecule is COCCOC(=O)CN1C(=O)CSC1=Nc1cc(-n2c(=O)cc(C(F)(F)F)n(C)c2=O)c(F)cc1Cl. The van der Waals surface area contributed by atoms with Crippen molar-refractivity contribution >= 4 is 46.1 Å². The third-order valence-corrected chi connectivity index (χ3v) is 6.04. The molecule has 10 nitrogen and oxygen atoms in total. The number of benzene rings is 1. The highest BCUT2D eigenvalue weighted by atomic mass is 35.5. The average molecular weight is 553 g/mol. The maximum atomic E-state index is 14.7. The Hall–Kier alpha value is -3.17. The van der Waals surface area contributed by atoms with E-state index >= 15 is 0 Å². The fourth-order valence-electron chi connectivity index (χ4n) is 3.06. The van der Waals surface area contributed by atoms with Crippen molar-refractivity contribution in [3.63, 3.8) is 0 Å². The number of hydrogen-bond acceptors (Lipinski definition) is 8. The van der Waals surface area contributed by atoms with Crippen LogP contribution in [0.15, 0.2) is 32.8 Å². The molecule has 1 aromatic carbocycles. The van der Waals surface area contributed by atoms with Crippen molar-refractivity contribution in [1.29, 1.82) is 0 Å². The van der Waals surface area contributed by atoms with E-state index in [0.29, 0.717) is 6.07 Å². The van der Waals surface area contributed by atoms with Gasteiger partial charge in [0.05, 0.1) is 28.8 Å². The number of halogens is 5. The van der Waals surface area contributed by atoms with Crippen molar-refractivity contribution in [1.82, 2.24) is 14.0 Å². The van der Waals surface area contributed by atoms with Gasteiger partial charge in [0.25, 0.3) is 5.56 Å². The molecule has 0 N–H and O–H groups in total. The first-order chi connectivity index (χ1) is 16.8. The first kappa shape index (κ1) is 27.4. The number of amides is 1. The van der Waals surface area contributed by atoms with Crippen LogP contribution in [0.4, 0.5) is 23.2 Å². The molecule has 1 aliphatic heterocycles. The van der Waals surface area contributed by atoms with Crippen LogP contribution >= 0.6 is 23.4 Å². The lowest BCUT2D eigenvalue weighted by Gasteiger charge is -2.16. The third-order valence-electron chi connectivity index (χ3n) is 4.78. The number of nitrogens with zero attached hydrogens (tertiary/aromatic N) is 4. The summed E-state index contributed by atoms with van der Waals surface area (Å²) < 4.78 is 64.1. The van der Waals surface area contributed by atoms with Crippen molar-refractivity contribution in [2.75, 3.05) is 32.6 Å². The van der Waals surface area contributed by atoms with E-state index in [2.05, 4.69) is 4.99 Å². The zero-order chi connectivity index (χ0) is 26.8. The first-order valence-corrected chi connectivity index (χ1v) is 11.3. The Balaban J connectivity index is 2.04. The molecule has 1 saturated heterocycles. The fourth-order valence-corrected chi connectivity index (χ4v) is 4.14. The number of rotatable bonds is 7. The molecule has 0 unspecified atom stereocenters. The zero-order valence-electron chi connectivity index (χ0n) is 18.6. The maximum Gasteiger partial charge on any atom is 0.431 e. The van der Waals surface area contributed by atoms with E-state index in [1.54, 1.807) is 0 Å². The van der Waals surface area contributed by atoms with E-state index in [4.69, 9.17) is 21.1 Å². The highest BCUT2D eigenvalue weighted by molar-refractivity contribution is 8.15. The second-order valence-electron chi connectivity index (χ2n) is 7.17. The third kappa shape index (κ3) is 5.79. The van der Waals surface area contributed by atoms with Crippen molar-refractivity contribution in [2.45, 2.75) is 6.18 Å². The molecule has 3 rings (SSSR count). The van der Waals surface area contributed by atoms with Crippen LogP contribution in [0.2, 0.25) is 5.02 Å². The van der Waals surface area contributed by atoms with Crippen LogP contribution < -0.4 is 11.2 Å². The van der Waals surface area contributed by atoms with Gasteiger partial charge in [-0.1, -0.05) is 23.4 Å². The lowest BCUT2D eigenvalue weighted by atomic mass is 10.2. The number of amidine groups is 1. The van der Waals surface area contributed by atoms with E-state index in [1.165, 1.54) is 7.11 Å². The molecular formula is C20H17ClF4N4O6S. The number of alkyl halides is 3. The van der Waals surface area contributed by atoms with Gasteiger partial charge in [0.1, 0.15) is 24.7 Å². The molecule has 2 aromatic rings. The van der Waals surface area contributed by atoms with Crippen molar-refractivity contribution in [3.8, 4) is 5.69 Å². The Labute approximate surface area is 209 Å². The van der Waals surface area contributed by atoms with E-state index in [0.717, 1.165) is 29.8 Å². The summed E-state index contributed by atoms with van der Waals surface area (Å²) in [5, 5.41) is -0.293. The van der Waals surface area contributed by atoms with Crippen LogP contribution in [0.5, 0.6) is 0 Å². The molecule has 1 amide bonds. The van der Waals surface area contributed by atoms with Crippen molar-refractivity contribution in [2.24, 2.45) is 12.0 Å². The number of aliphatic imine (C=N–C) groups is 1. The molecule has 0 spiro atoms.